The largest absolute Gasteiger partial charge is 0.468 e. The Morgan fingerprint density at radius 2 is 1.10 bits per heavy atom. The van der Waals surface area contributed by atoms with E-state index < -0.39 is 17.9 Å². The molecule has 0 heterocycles. The van der Waals surface area contributed by atoms with Gasteiger partial charge in [0.15, 0.2) is 5.92 Å². The number of carbonyl (C=O) groups is 2. The van der Waals surface area contributed by atoms with Gasteiger partial charge in [-0.2, -0.15) is 0 Å². The predicted molar refractivity (Wildman–Crippen MR) is 84.0 cm³/mol. The van der Waals surface area contributed by atoms with Crippen LogP contribution in [0, 0.1) is 5.92 Å². The molecule has 4 heteroatoms. The second-order valence-electron chi connectivity index (χ2n) is 5.57. The van der Waals surface area contributed by atoms with Gasteiger partial charge in [0.05, 0.1) is 14.2 Å². The second kappa shape index (κ2) is 13.9. The van der Waals surface area contributed by atoms with Crippen LogP contribution in [-0.2, 0) is 19.1 Å². The van der Waals surface area contributed by atoms with Gasteiger partial charge in [0.2, 0.25) is 0 Å². The van der Waals surface area contributed by atoms with Gasteiger partial charge in [-0.15, -0.1) is 0 Å². The number of unbranched alkanes of at least 4 members (excludes halogenated alkanes) is 9. The first-order valence-electron chi connectivity index (χ1n) is 8.33. The minimum absolute atomic E-state index is 0.488. The molecule has 0 aliphatic rings. The Balaban J connectivity index is 3.58. The van der Waals surface area contributed by atoms with Crippen LogP contribution in [0.25, 0.3) is 0 Å². The van der Waals surface area contributed by atoms with Gasteiger partial charge >= 0.3 is 11.9 Å². The van der Waals surface area contributed by atoms with E-state index in [1.54, 1.807) is 0 Å². The van der Waals surface area contributed by atoms with Crippen molar-refractivity contribution < 1.29 is 19.1 Å². The average Bonchev–Trinajstić information content (AvgIpc) is 2.51. The van der Waals surface area contributed by atoms with Crippen LogP contribution in [0.4, 0.5) is 0 Å². The molecule has 0 fully saturated rings. The number of carbonyl (C=O) groups excluding carboxylic acids is 2. The van der Waals surface area contributed by atoms with E-state index in [1.165, 1.54) is 65.6 Å². The molecule has 21 heavy (non-hydrogen) atoms. The van der Waals surface area contributed by atoms with E-state index in [0.717, 1.165) is 12.8 Å². The molecular formula is C17H32O4. The van der Waals surface area contributed by atoms with E-state index in [9.17, 15) is 9.59 Å². The quantitative estimate of drug-likeness (QED) is 0.290. The number of methoxy groups -OCH3 is 2. The molecule has 0 atom stereocenters. The molecule has 0 aromatic carbocycles. The zero-order valence-corrected chi connectivity index (χ0v) is 14.0. The number of hydrogen-bond acceptors (Lipinski definition) is 4. The van der Waals surface area contributed by atoms with Crippen molar-refractivity contribution in [3.8, 4) is 0 Å². The summed E-state index contributed by atoms with van der Waals surface area (Å²) in [5, 5.41) is 0. The van der Waals surface area contributed by atoms with Crippen molar-refractivity contribution in [2.75, 3.05) is 14.2 Å². The molecule has 0 bridgehead atoms. The van der Waals surface area contributed by atoms with E-state index in [0.29, 0.717) is 6.42 Å². The van der Waals surface area contributed by atoms with Crippen LogP contribution in [0.3, 0.4) is 0 Å². The van der Waals surface area contributed by atoms with E-state index in [2.05, 4.69) is 16.4 Å². The van der Waals surface area contributed by atoms with Gasteiger partial charge in [-0.25, -0.2) is 0 Å². The van der Waals surface area contributed by atoms with Crippen LogP contribution in [0.1, 0.15) is 77.6 Å². The van der Waals surface area contributed by atoms with Crippen LogP contribution < -0.4 is 0 Å². The van der Waals surface area contributed by atoms with Gasteiger partial charge in [-0.3, -0.25) is 9.59 Å². The lowest BCUT2D eigenvalue weighted by Crippen LogP contribution is -2.26. The highest BCUT2D eigenvalue weighted by atomic mass is 16.5. The fourth-order valence-electron chi connectivity index (χ4n) is 2.45. The minimum Gasteiger partial charge on any atom is -0.468 e. The Morgan fingerprint density at radius 1 is 0.714 bits per heavy atom. The summed E-state index contributed by atoms with van der Waals surface area (Å²) in [7, 11) is 2.60. The molecule has 0 aliphatic heterocycles. The summed E-state index contributed by atoms with van der Waals surface area (Å²) in [6.07, 6.45) is 12.8. The number of esters is 2. The third-order valence-electron chi connectivity index (χ3n) is 3.82. The van der Waals surface area contributed by atoms with Gasteiger partial charge < -0.3 is 9.47 Å². The first-order valence-corrected chi connectivity index (χ1v) is 8.33. The third-order valence-corrected chi connectivity index (χ3v) is 3.82. The maximum absolute atomic E-state index is 11.5. The van der Waals surface area contributed by atoms with E-state index in [4.69, 9.17) is 0 Å². The molecule has 0 N–H and O–H groups in total. The first-order chi connectivity index (χ1) is 10.2. The fraction of sp³-hybridized carbons (Fsp3) is 0.882. The molecule has 0 spiro atoms. The molecule has 0 amide bonds. The lowest BCUT2D eigenvalue weighted by molar-refractivity contribution is -0.159. The molecule has 0 saturated heterocycles. The normalized spacial score (nSPS) is 10.7. The summed E-state index contributed by atoms with van der Waals surface area (Å²) >= 11 is 0. The number of hydrogen-bond donors (Lipinski definition) is 0. The van der Waals surface area contributed by atoms with Gasteiger partial charge in [0.1, 0.15) is 0 Å². The topological polar surface area (TPSA) is 52.6 Å². The first kappa shape index (κ1) is 19.9. The predicted octanol–water partition coefficient (Wildman–Crippen LogP) is 4.26. The van der Waals surface area contributed by atoms with Crippen molar-refractivity contribution in [1.29, 1.82) is 0 Å². The van der Waals surface area contributed by atoms with E-state index in [1.807, 2.05) is 0 Å². The average molecular weight is 300 g/mol. The van der Waals surface area contributed by atoms with Crippen molar-refractivity contribution in [2.45, 2.75) is 77.6 Å². The standard InChI is InChI=1S/C17H32O4/c1-4-5-6-7-8-9-10-11-12-13-14-15(16(18)20-2)17(19)21-3/h15H,4-14H2,1-3H3. The van der Waals surface area contributed by atoms with Crippen molar-refractivity contribution in [3.05, 3.63) is 0 Å². The van der Waals surface area contributed by atoms with E-state index in [-0.39, 0.29) is 0 Å². The Labute approximate surface area is 129 Å². The lowest BCUT2D eigenvalue weighted by atomic mass is 10.00. The molecule has 0 aromatic rings. The Hall–Kier alpha value is -1.06. The van der Waals surface area contributed by atoms with E-state index >= 15 is 0 Å². The van der Waals surface area contributed by atoms with Crippen LogP contribution in [0.15, 0.2) is 0 Å². The van der Waals surface area contributed by atoms with Crippen LogP contribution in [-0.4, -0.2) is 26.2 Å². The van der Waals surface area contributed by atoms with Crippen molar-refractivity contribution in [3.63, 3.8) is 0 Å². The van der Waals surface area contributed by atoms with Gasteiger partial charge in [0.25, 0.3) is 0 Å². The summed E-state index contributed by atoms with van der Waals surface area (Å²) in [6.45, 7) is 2.23. The monoisotopic (exact) mass is 300 g/mol. The highest BCUT2D eigenvalue weighted by Gasteiger charge is 2.27. The second-order valence-corrected chi connectivity index (χ2v) is 5.57. The van der Waals surface area contributed by atoms with Crippen molar-refractivity contribution in [2.24, 2.45) is 5.92 Å². The highest BCUT2D eigenvalue weighted by molar-refractivity contribution is 5.94. The molecule has 4 nitrogen and oxygen atoms in total. The lowest BCUT2D eigenvalue weighted by Gasteiger charge is -2.11. The molecular weight excluding hydrogens is 268 g/mol. The maximum atomic E-state index is 11.5. The van der Waals surface area contributed by atoms with Crippen LogP contribution in [0.5, 0.6) is 0 Å². The molecule has 0 rings (SSSR count). The molecule has 0 radical (unpaired) electrons. The van der Waals surface area contributed by atoms with Gasteiger partial charge in [0, 0.05) is 0 Å². The Morgan fingerprint density at radius 3 is 1.48 bits per heavy atom. The summed E-state index contributed by atoms with van der Waals surface area (Å²) in [6, 6.07) is 0. The summed E-state index contributed by atoms with van der Waals surface area (Å²) in [5.74, 6) is -1.73. The molecule has 0 aromatic heterocycles. The smallest absolute Gasteiger partial charge is 0.320 e. The number of ether oxygens (including phenoxy) is 2. The van der Waals surface area contributed by atoms with Gasteiger partial charge in [-0.05, 0) is 6.42 Å². The zero-order valence-electron chi connectivity index (χ0n) is 14.0. The van der Waals surface area contributed by atoms with Crippen molar-refractivity contribution in [1.82, 2.24) is 0 Å². The fourth-order valence-corrected chi connectivity index (χ4v) is 2.45. The Bertz CT molecular complexity index is 260. The molecule has 0 aliphatic carbocycles. The van der Waals surface area contributed by atoms with Gasteiger partial charge in [-0.1, -0.05) is 71.1 Å². The Kier molecular flexibility index (Phi) is 13.2. The summed E-state index contributed by atoms with van der Waals surface area (Å²) in [4.78, 5) is 23.0. The highest BCUT2D eigenvalue weighted by Crippen LogP contribution is 2.16. The molecule has 0 unspecified atom stereocenters. The zero-order chi connectivity index (χ0) is 15.9. The summed E-state index contributed by atoms with van der Waals surface area (Å²) < 4.78 is 9.28. The SMILES string of the molecule is CCCCCCCCCCCCC(C(=O)OC)C(=O)OC. The molecule has 0 saturated carbocycles. The number of rotatable bonds is 13. The third kappa shape index (κ3) is 10.3. The summed E-state index contributed by atoms with van der Waals surface area (Å²) in [5.41, 5.74) is 0. The minimum atomic E-state index is -0.756. The molecule has 124 valence electrons. The van der Waals surface area contributed by atoms with Crippen LogP contribution in [0.2, 0.25) is 0 Å². The van der Waals surface area contributed by atoms with Crippen molar-refractivity contribution >= 4 is 11.9 Å². The van der Waals surface area contributed by atoms with Crippen LogP contribution >= 0.6 is 0 Å². The maximum Gasteiger partial charge on any atom is 0.320 e.